The van der Waals surface area contributed by atoms with Crippen LogP contribution in [0.3, 0.4) is 0 Å². The molecule has 0 bridgehead atoms. The summed E-state index contributed by atoms with van der Waals surface area (Å²) in [5.74, 6) is -2.22. The smallest absolute Gasteiger partial charge is 0.436 e. The number of aryl methyl sites for hydroxylation is 1. The fraction of sp³-hybridized carbons (Fsp3) is 0.167. The Morgan fingerprint density at radius 1 is 1.29 bits per heavy atom. The van der Waals surface area contributed by atoms with Crippen molar-refractivity contribution in [3.05, 3.63) is 41.3 Å². The van der Waals surface area contributed by atoms with Crippen LogP contribution in [0.1, 0.15) is 16.1 Å². The summed E-state index contributed by atoms with van der Waals surface area (Å²) in [4.78, 5) is 11.5. The van der Waals surface area contributed by atoms with Crippen LogP contribution in [0.25, 0.3) is 0 Å². The van der Waals surface area contributed by atoms with Gasteiger partial charge in [-0.1, -0.05) is 11.8 Å². The van der Waals surface area contributed by atoms with Crippen LogP contribution in [-0.4, -0.2) is 20.9 Å². The zero-order valence-electron chi connectivity index (χ0n) is 10.5. The number of hydrogen-bond donors (Lipinski definition) is 1. The molecule has 0 saturated carbocycles. The molecule has 21 heavy (non-hydrogen) atoms. The lowest BCUT2D eigenvalue weighted by Crippen LogP contribution is -2.12. The Labute approximate surface area is 120 Å². The molecule has 2 rings (SSSR count). The topological polar surface area (TPSA) is 55.1 Å². The van der Waals surface area contributed by atoms with Gasteiger partial charge < -0.3 is 5.11 Å². The first-order valence-corrected chi connectivity index (χ1v) is 6.32. The van der Waals surface area contributed by atoms with Crippen molar-refractivity contribution in [2.75, 3.05) is 0 Å². The fourth-order valence-electron chi connectivity index (χ4n) is 1.63. The third-order valence-electron chi connectivity index (χ3n) is 2.51. The second kappa shape index (κ2) is 5.40. The molecule has 0 aliphatic carbocycles. The molecule has 0 unspecified atom stereocenters. The Kier molecular flexibility index (Phi) is 3.95. The molecule has 9 heteroatoms. The van der Waals surface area contributed by atoms with Gasteiger partial charge in [0.15, 0.2) is 5.69 Å². The van der Waals surface area contributed by atoms with Crippen LogP contribution < -0.4 is 0 Å². The highest BCUT2D eigenvalue weighted by Crippen LogP contribution is 2.38. The Morgan fingerprint density at radius 2 is 1.86 bits per heavy atom. The molecule has 0 spiro atoms. The number of alkyl halides is 3. The van der Waals surface area contributed by atoms with Crippen LogP contribution >= 0.6 is 11.8 Å². The van der Waals surface area contributed by atoms with Crippen LogP contribution in [0.4, 0.5) is 17.6 Å². The van der Waals surface area contributed by atoms with Crippen molar-refractivity contribution < 1.29 is 27.5 Å². The van der Waals surface area contributed by atoms with Gasteiger partial charge >= 0.3 is 12.1 Å². The van der Waals surface area contributed by atoms with E-state index in [-0.39, 0.29) is 5.03 Å². The average molecular weight is 320 g/mol. The number of hydrogen-bond acceptors (Lipinski definition) is 3. The molecule has 0 atom stereocenters. The molecule has 0 fully saturated rings. The van der Waals surface area contributed by atoms with E-state index in [0.29, 0.717) is 4.90 Å². The number of nitrogens with zero attached hydrogens (tertiary/aromatic N) is 2. The van der Waals surface area contributed by atoms with Crippen LogP contribution in [0.5, 0.6) is 0 Å². The number of carboxylic acid groups (broad SMARTS) is 1. The van der Waals surface area contributed by atoms with Crippen molar-refractivity contribution in [1.29, 1.82) is 0 Å². The average Bonchev–Trinajstić information content (AvgIpc) is 2.70. The molecule has 1 aromatic heterocycles. The Morgan fingerprint density at radius 3 is 2.33 bits per heavy atom. The van der Waals surface area contributed by atoms with Gasteiger partial charge in [-0.3, -0.25) is 4.68 Å². The summed E-state index contributed by atoms with van der Waals surface area (Å²) in [5, 5.41) is 12.1. The highest BCUT2D eigenvalue weighted by atomic mass is 32.2. The van der Waals surface area contributed by atoms with Gasteiger partial charge in [0, 0.05) is 11.9 Å². The Bertz CT molecular complexity index is 680. The quantitative estimate of drug-likeness (QED) is 0.880. The molecular weight excluding hydrogens is 312 g/mol. The first-order valence-electron chi connectivity index (χ1n) is 5.51. The highest BCUT2D eigenvalue weighted by Gasteiger charge is 2.41. The standard InChI is InChI=1S/C12H8F4N2O2S/c1-18-10(21-7-4-2-6(13)3-5-7)8(11(19)20)9(17-18)12(14,15)16/h2-5H,1H3,(H,19,20). The molecule has 1 heterocycles. The molecule has 0 amide bonds. The normalized spacial score (nSPS) is 11.7. The minimum absolute atomic E-state index is 0.179. The second-order valence-electron chi connectivity index (χ2n) is 4.01. The molecule has 4 nitrogen and oxygen atoms in total. The minimum atomic E-state index is -4.87. The lowest BCUT2D eigenvalue weighted by Gasteiger charge is -2.05. The zero-order valence-corrected chi connectivity index (χ0v) is 11.3. The van der Waals surface area contributed by atoms with Gasteiger partial charge in [-0.05, 0) is 24.3 Å². The van der Waals surface area contributed by atoms with Crippen molar-refractivity contribution >= 4 is 17.7 Å². The molecule has 0 aliphatic rings. The van der Waals surface area contributed by atoms with Gasteiger partial charge in [-0.15, -0.1) is 0 Å². The monoisotopic (exact) mass is 320 g/mol. The predicted octanol–water partition coefficient (Wildman–Crippen LogP) is 3.43. The van der Waals surface area contributed by atoms with E-state index in [1.54, 1.807) is 0 Å². The van der Waals surface area contributed by atoms with E-state index >= 15 is 0 Å². The fourth-order valence-corrected chi connectivity index (χ4v) is 2.59. The van der Waals surface area contributed by atoms with Gasteiger partial charge in [-0.25, -0.2) is 9.18 Å². The number of aromatic nitrogens is 2. The molecule has 112 valence electrons. The van der Waals surface area contributed by atoms with Gasteiger partial charge in [0.1, 0.15) is 16.4 Å². The van der Waals surface area contributed by atoms with E-state index in [0.717, 1.165) is 28.6 Å². The summed E-state index contributed by atoms with van der Waals surface area (Å²) in [6.45, 7) is 0. The van der Waals surface area contributed by atoms with E-state index < -0.39 is 29.2 Å². The third-order valence-corrected chi connectivity index (χ3v) is 3.67. The minimum Gasteiger partial charge on any atom is -0.478 e. The van der Waals surface area contributed by atoms with Gasteiger partial charge in [-0.2, -0.15) is 18.3 Å². The summed E-state index contributed by atoms with van der Waals surface area (Å²) in [7, 11) is 1.22. The van der Waals surface area contributed by atoms with Crippen LogP contribution in [-0.2, 0) is 13.2 Å². The number of rotatable bonds is 3. The Balaban J connectivity index is 2.50. The van der Waals surface area contributed by atoms with Gasteiger partial charge in [0.05, 0.1) is 0 Å². The first-order chi connectivity index (χ1) is 9.70. The molecule has 1 aromatic carbocycles. The van der Waals surface area contributed by atoms with Crippen molar-refractivity contribution in [2.24, 2.45) is 7.05 Å². The molecule has 1 N–H and O–H groups in total. The van der Waals surface area contributed by atoms with E-state index in [2.05, 4.69) is 5.10 Å². The summed E-state index contributed by atoms with van der Waals surface area (Å²) in [6, 6.07) is 4.94. The molecule has 0 aliphatic heterocycles. The first kappa shape index (κ1) is 15.4. The van der Waals surface area contributed by atoms with Gasteiger partial charge in [0.25, 0.3) is 0 Å². The van der Waals surface area contributed by atoms with Crippen LogP contribution in [0, 0.1) is 5.82 Å². The molecule has 2 aromatic rings. The van der Waals surface area contributed by atoms with Crippen molar-refractivity contribution in [2.45, 2.75) is 16.1 Å². The number of aromatic carboxylic acids is 1. The zero-order chi connectivity index (χ0) is 15.8. The van der Waals surface area contributed by atoms with E-state index in [9.17, 15) is 22.4 Å². The van der Waals surface area contributed by atoms with Crippen molar-refractivity contribution in [3.63, 3.8) is 0 Å². The SMILES string of the molecule is Cn1nc(C(F)(F)F)c(C(=O)O)c1Sc1ccc(F)cc1. The second-order valence-corrected chi connectivity index (χ2v) is 5.07. The van der Waals surface area contributed by atoms with Crippen molar-refractivity contribution in [3.8, 4) is 0 Å². The number of halogens is 4. The maximum atomic E-state index is 12.8. The number of carbonyl (C=O) groups is 1. The third kappa shape index (κ3) is 3.18. The molecular formula is C12H8F4N2O2S. The maximum absolute atomic E-state index is 12.8. The van der Waals surface area contributed by atoms with Crippen LogP contribution in [0.15, 0.2) is 34.2 Å². The van der Waals surface area contributed by atoms with E-state index in [4.69, 9.17) is 5.11 Å². The number of carboxylic acids is 1. The van der Waals surface area contributed by atoms with E-state index in [1.165, 1.54) is 19.2 Å². The lowest BCUT2D eigenvalue weighted by molar-refractivity contribution is -0.141. The van der Waals surface area contributed by atoms with E-state index in [1.807, 2.05) is 0 Å². The van der Waals surface area contributed by atoms with Crippen molar-refractivity contribution in [1.82, 2.24) is 9.78 Å². The Hall–Kier alpha value is -2.03. The summed E-state index contributed by atoms with van der Waals surface area (Å²) >= 11 is 0.768. The van der Waals surface area contributed by atoms with Gasteiger partial charge in [0.2, 0.25) is 0 Å². The molecule has 0 radical (unpaired) electrons. The van der Waals surface area contributed by atoms with Crippen LogP contribution in [0.2, 0.25) is 0 Å². The highest BCUT2D eigenvalue weighted by molar-refractivity contribution is 7.99. The number of benzene rings is 1. The summed E-state index contributed by atoms with van der Waals surface area (Å²) in [5.41, 5.74) is -2.37. The maximum Gasteiger partial charge on any atom is 0.436 e. The lowest BCUT2D eigenvalue weighted by atomic mass is 10.2. The molecule has 0 saturated heterocycles. The predicted molar refractivity (Wildman–Crippen MR) is 65.7 cm³/mol. The summed E-state index contributed by atoms with van der Waals surface area (Å²) < 4.78 is 52.0. The largest absolute Gasteiger partial charge is 0.478 e. The summed E-state index contributed by atoms with van der Waals surface area (Å²) in [6.07, 6.45) is -4.87.